The average molecular weight is 326 g/mol. The van der Waals surface area contributed by atoms with Gasteiger partial charge in [-0.3, -0.25) is 4.99 Å². The van der Waals surface area contributed by atoms with Gasteiger partial charge in [-0.15, -0.1) is 0 Å². The number of methoxy groups -OCH3 is 2. The number of benzene rings is 2. The molecule has 0 saturated heterocycles. The van der Waals surface area contributed by atoms with E-state index in [9.17, 15) is 0 Å². The highest BCUT2D eigenvalue weighted by atomic mass is 16.5. The fourth-order valence-corrected chi connectivity index (χ4v) is 2.64. The topological polar surface area (TPSA) is 52.1 Å². The van der Waals surface area contributed by atoms with E-state index >= 15 is 0 Å². The highest BCUT2D eigenvalue weighted by Crippen LogP contribution is 2.29. The Bertz CT molecular complexity index is 728. The van der Waals surface area contributed by atoms with Gasteiger partial charge in [0.1, 0.15) is 23.9 Å². The molecule has 3 rings (SSSR count). The molecule has 0 radical (unpaired) electrons. The van der Waals surface area contributed by atoms with E-state index in [1.54, 1.807) is 14.2 Å². The second-order valence-corrected chi connectivity index (χ2v) is 5.44. The minimum Gasteiger partial charge on any atom is -0.497 e. The number of ether oxygens (including phenoxy) is 3. The molecular weight excluding hydrogens is 304 g/mol. The van der Waals surface area contributed by atoms with Gasteiger partial charge in [0, 0.05) is 13.7 Å². The van der Waals surface area contributed by atoms with Crippen molar-refractivity contribution in [3.05, 3.63) is 48.0 Å². The first-order chi connectivity index (χ1) is 11.8. The summed E-state index contributed by atoms with van der Waals surface area (Å²) in [6, 6.07) is 14.2. The van der Waals surface area contributed by atoms with E-state index < -0.39 is 0 Å². The lowest BCUT2D eigenvalue weighted by Crippen LogP contribution is -2.20. The minimum absolute atomic E-state index is 0.509. The average Bonchev–Trinajstić information content (AvgIpc) is 3.17. The van der Waals surface area contributed by atoms with E-state index in [1.807, 2.05) is 24.3 Å². The maximum absolute atomic E-state index is 5.86. The standard InChI is InChI=1S/C19H22N2O3/c1-22-10-11-24-18-7-6-15(13-17(18)19-20-8-9-21-19)14-4-3-5-16(12-14)23-2/h3-7,12-13H,8-11H2,1-2H3,(H,20,21). The molecule has 0 atom stereocenters. The Morgan fingerprint density at radius 2 is 1.92 bits per heavy atom. The Balaban J connectivity index is 1.95. The van der Waals surface area contributed by atoms with E-state index in [0.717, 1.165) is 47.1 Å². The third kappa shape index (κ3) is 3.68. The van der Waals surface area contributed by atoms with Crippen molar-refractivity contribution in [2.24, 2.45) is 4.99 Å². The predicted octanol–water partition coefficient (Wildman–Crippen LogP) is 2.74. The molecule has 5 nitrogen and oxygen atoms in total. The third-order valence-corrected chi connectivity index (χ3v) is 3.86. The molecule has 126 valence electrons. The van der Waals surface area contributed by atoms with Gasteiger partial charge in [-0.25, -0.2) is 0 Å². The summed E-state index contributed by atoms with van der Waals surface area (Å²) >= 11 is 0. The minimum atomic E-state index is 0.509. The zero-order valence-electron chi connectivity index (χ0n) is 14.0. The Labute approximate surface area is 142 Å². The first-order valence-electron chi connectivity index (χ1n) is 8.00. The normalized spacial score (nSPS) is 13.3. The third-order valence-electron chi connectivity index (χ3n) is 3.86. The van der Waals surface area contributed by atoms with E-state index in [-0.39, 0.29) is 0 Å². The van der Waals surface area contributed by atoms with Crippen LogP contribution in [-0.2, 0) is 4.74 Å². The number of hydrogen-bond acceptors (Lipinski definition) is 5. The summed E-state index contributed by atoms with van der Waals surface area (Å²) in [6.07, 6.45) is 0. The van der Waals surface area contributed by atoms with Gasteiger partial charge in [0.25, 0.3) is 0 Å². The van der Waals surface area contributed by atoms with Gasteiger partial charge in [0.05, 0.1) is 25.8 Å². The van der Waals surface area contributed by atoms with Gasteiger partial charge in [-0.05, 0) is 35.4 Å². The number of nitrogens with zero attached hydrogens (tertiary/aromatic N) is 1. The number of aliphatic imine (C=N–C) groups is 1. The molecule has 1 heterocycles. The van der Waals surface area contributed by atoms with Crippen LogP contribution in [0.3, 0.4) is 0 Å². The molecule has 1 aliphatic heterocycles. The van der Waals surface area contributed by atoms with Crippen LogP contribution in [-0.4, -0.2) is 46.4 Å². The van der Waals surface area contributed by atoms with Crippen LogP contribution in [0.15, 0.2) is 47.5 Å². The van der Waals surface area contributed by atoms with Crippen LogP contribution in [0.5, 0.6) is 11.5 Å². The molecule has 0 spiro atoms. The summed E-state index contributed by atoms with van der Waals surface area (Å²) in [5, 5.41) is 3.32. The fourth-order valence-electron chi connectivity index (χ4n) is 2.64. The van der Waals surface area contributed by atoms with Crippen molar-refractivity contribution < 1.29 is 14.2 Å². The van der Waals surface area contributed by atoms with Gasteiger partial charge in [-0.1, -0.05) is 18.2 Å². The highest BCUT2D eigenvalue weighted by molar-refractivity contribution is 6.03. The van der Waals surface area contributed by atoms with E-state index in [0.29, 0.717) is 13.2 Å². The fraction of sp³-hybridized carbons (Fsp3) is 0.316. The molecule has 0 aliphatic carbocycles. The molecule has 0 fully saturated rings. The van der Waals surface area contributed by atoms with Crippen LogP contribution < -0.4 is 14.8 Å². The van der Waals surface area contributed by atoms with Crippen molar-refractivity contribution in [3.63, 3.8) is 0 Å². The molecular formula is C19H22N2O3. The Morgan fingerprint density at radius 3 is 2.67 bits per heavy atom. The number of hydrogen-bond donors (Lipinski definition) is 1. The van der Waals surface area contributed by atoms with Gasteiger partial charge in [0.15, 0.2) is 0 Å². The molecule has 0 saturated carbocycles. The van der Waals surface area contributed by atoms with Crippen molar-refractivity contribution in [1.29, 1.82) is 0 Å². The van der Waals surface area contributed by atoms with Crippen molar-refractivity contribution in [2.45, 2.75) is 0 Å². The maximum atomic E-state index is 5.86. The maximum Gasteiger partial charge on any atom is 0.132 e. The van der Waals surface area contributed by atoms with Crippen molar-refractivity contribution in [1.82, 2.24) is 5.32 Å². The van der Waals surface area contributed by atoms with Gasteiger partial charge < -0.3 is 19.5 Å². The molecule has 0 unspecified atom stereocenters. The number of rotatable bonds is 7. The van der Waals surface area contributed by atoms with E-state index in [2.05, 4.69) is 28.5 Å². The lowest BCUT2D eigenvalue weighted by atomic mass is 10.0. The molecule has 24 heavy (non-hydrogen) atoms. The molecule has 2 aromatic rings. The van der Waals surface area contributed by atoms with Crippen LogP contribution in [0.4, 0.5) is 0 Å². The Kier molecular flexibility index (Phi) is 5.33. The molecule has 2 aromatic carbocycles. The van der Waals surface area contributed by atoms with Gasteiger partial charge in [-0.2, -0.15) is 0 Å². The lowest BCUT2D eigenvalue weighted by molar-refractivity contribution is 0.146. The van der Waals surface area contributed by atoms with Crippen molar-refractivity contribution >= 4 is 5.84 Å². The van der Waals surface area contributed by atoms with Crippen LogP contribution in [0.1, 0.15) is 5.56 Å². The predicted molar refractivity (Wildman–Crippen MR) is 95.2 cm³/mol. The summed E-state index contributed by atoms with van der Waals surface area (Å²) in [5.74, 6) is 2.53. The van der Waals surface area contributed by atoms with Crippen LogP contribution in [0, 0.1) is 0 Å². The summed E-state index contributed by atoms with van der Waals surface area (Å²) in [6.45, 7) is 2.71. The van der Waals surface area contributed by atoms with Gasteiger partial charge >= 0.3 is 0 Å². The smallest absolute Gasteiger partial charge is 0.132 e. The second kappa shape index (κ2) is 7.84. The SMILES string of the molecule is COCCOc1ccc(-c2cccc(OC)c2)cc1C1=NCCN1. The quantitative estimate of drug-likeness (QED) is 0.795. The summed E-state index contributed by atoms with van der Waals surface area (Å²) in [5.41, 5.74) is 3.17. The summed E-state index contributed by atoms with van der Waals surface area (Å²) < 4.78 is 16.2. The first kappa shape index (κ1) is 16.3. The van der Waals surface area contributed by atoms with Crippen LogP contribution in [0.2, 0.25) is 0 Å². The Morgan fingerprint density at radius 1 is 1.04 bits per heavy atom. The van der Waals surface area contributed by atoms with Crippen LogP contribution >= 0.6 is 0 Å². The monoisotopic (exact) mass is 326 g/mol. The molecule has 0 aromatic heterocycles. The van der Waals surface area contributed by atoms with E-state index in [4.69, 9.17) is 14.2 Å². The molecule has 0 amide bonds. The number of nitrogens with one attached hydrogen (secondary N) is 1. The molecule has 1 N–H and O–H groups in total. The highest BCUT2D eigenvalue weighted by Gasteiger charge is 2.15. The molecule has 1 aliphatic rings. The largest absolute Gasteiger partial charge is 0.497 e. The number of amidine groups is 1. The van der Waals surface area contributed by atoms with Crippen molar-refractivity contribution in [3.8, 4) is 22.6 Å². The summed E-state index contributed by atoms with van der Waals surface area (Å²) in [7, 11) is 3.34. The zero-order valence-corrected chi connectivity index (χ0v) is 14.0. The van der Waals surface area contributed by atoms with Crippen molar-refractivity contribution in [2.75, 3.05) is 40.5 Å². The van der Waals surface area contributed by atoms with Gasteiger partial charge in [0.2, 0.25) is 0 Å². The first-order valence-corrected chi connectivity index (χ1v) is 8.00. The molecule has 5 heteroatoms. The second-order valence-electron chi connectivity index (χ2n) is 5.44. The van der Waals surface area contributed by atoms with Crippen LogP contribution in [0.25, 0.3) is 11.1 Å². The molecule has 0 bridgehead atoms. The summed E-state index contributed by atoms with van der Waals surface area (Å²) in [4.78, 5) is 4.53. The Hall–Kier alpha value is -2.53. The zero-order chi connectivity index (χ0) is 16.8. The lowest BCUT2D eigenvalue weighted by Gasteiger charge is -2.14. The van der Waals surface area contributed by atoms with E-state index in [1.165, 1.54) is 0 Å².